The molecule has 0 atom stereocenters. The summed E-state index contributed by atoms with van der Waals surface area (Å²) in [5.74, 6) is 0.924. The molecule has 0 aliphatic rings. The summed E-state index contributed by atoms with van der Waals surface area (Å²) in [4.78, 5) is 0. The maximum atomic E-state index is 11.0. The van der Waals surface area contributed by atoms with E-state index in [1.165, 1.54) is 6.26 Å². The third-order valence-electron chi connectivity index (χ3n) is 2.89. The van der Waals surface area contributed by atoms with Gasteiger partial charge in [-0.15, -0.1) is 0 Å². The van der Waals surface area contributed by atoms with E-state index in [1.807, 2.05) is 42.5 Å². The Labute approximate surface area is 120 Å². The molecule has 0 heterocycles. The number of hydrogen-bond acceptors (Lipinski definition) is 3. The molecule has 0 bridgehead atoms. The second-order valence-corrected chi connectivity index (χ2v) is 6.98. The van der Waals surface area contributed by atoms with Crippen molar-refractivity contribution in [3.05, 3.63) is 54.6 Å². The van der Waals surface area contributed by atoms with E-state index in [4.69, 9.17) is 4.74 Å². The van der Waals surface area contributed by atoms with Gasteiger partial charge in [-0.2, -0.15) is 0 Å². The van der Waals surface area contributed by atoms with Crippen LogP contribution in [-0.2, 0) is 9.84 Å². The summed E-state index contributed by atoms with van der Waals surface area (Å²) in [6, 6.07) is 17.9. The van der Waals surface area contributed by atoms with Gasteiger partial charge in [-0.25, -0.2) is 8.42 Å². The van der Waals surface area contributed by atoms with Crippen molar-refractivity contribution in [3.63, 3.8) is 0 Å². The molecule has 0 aliphatic carbocycles. The zero-order valence-corrected chi connectivity index (χ0v) is 12.3. The molecule has 2 aromatic carbocycles. The Morgan fingerprint density at radius 3 is 2.10 bits per heavy atom. The summed E-state index contributed by atoms with van der Waals surface area (Å²) in [6.45, 7) is 0.414. The van der Waals surface area contributed by atoms with Crippen molar-refractivity contribution in [2.75, 3.05) is 18.6 Å². The lowest BCUT2D eigenvalue weighted by Gasteiger charge is -2.07. The molecule has 0 spiro atoms. The quantitative estimate of drug-likeness (QED) is 0.768. The van der Waals surface area contributed by atoms with Crippen molar-refractivity contribution >= 4 is 9.84 Å². The Bertz CT molecular complexity index is 631. The highest BCUT2D eigenvalue weighted by atomic mass is 32.2. The zero-order valence-electron chi connectivity index (χ0n) is 11.5. The molecule has 0 aromatic heterocycles. The lowest BCUT2D eigenvalue weighted by atomic mass is 10.1. The number of benzene rings is 2. The SMILES string of the molecule is CS(=O)(=O)CCCOc1ccc(-c2ccccc2)cc1. The van der Waals surface area contributed by atoms with Gasteiger partial charge in [0.15, 0.2) is 0 Å². The molecule has 3 nitrogen and oxygen atoms in total. The first kappa shape index (κ1) is 14.6. The molecule has 0 fully saturated rings. The van der Waals surface area contributed by atoms with Crippen LogP contribution in [-0.4, -0.2) is 27.0 Å². The standard InChI is InChI=1S/C16H18O3S/c1-20(17,18)13-5-12-19-16-10-8-15(9-11-16)14-6-3-2-4-7-14/h2-4,6-11H,5,12-13H2,1H3. The van der Waals surface area contributed by atoms with Crippen molar-refractivity contribution in [3.8, 4) is 16.9 Å². The van der Waals surface area contributed by atoms with Crippen LogP contribution in [0.3, 0.4) is 0 Å². The van der Waals surface area contributed by atoms with Gasteiger partial charge in [0.25, 0.3) is 0 Å². The summed E-state index contributed by atoms with van der Waals surface area (Å²) < 4.78 is 27.5. The molecule has 0 saturated carbocycles. The molecule has 0 N–H and O–H groups in total. The molecule has 20 heavy (non-hydrogen) atoms. The van der Waals surface area contributed by atoms with Gasteiger partial charge in [0, 0.05) is 6.26 Å². The molecule has 106 valence electrons. The van der Waals surface area contributed by atoms with Gasteiger partial charge in [0.05, 0.1) is 12.4 Å². The van der Waals surface area contributed by atoms with Crippen LogP contribution in [0.4, 0.5) is 0 Å². The fraction of sp³-hybridized carbons (Fsp3) is 0.250. The van der Waals surface area contributed by atoms with Crippen LogP contribution in [0.25, 0.3) is 11.1 Å². The first-order chi connectivity index (χ1) is 9.54. The Hall–Kier alpha value is -1.81. The summed E-state index contributed by atoms with van der Waals surface area (Å²) in [7, 11) is -2.90. The molecule has 2 aromatic rings. The van der Waals surface area contributed by atoms with E-state index >= 15 is 0 Å². The maximum Gasteiger partial charge on any atom is 0.147 e. The van der Waals surface area contributed by atoms with Crippen molar-refractivity contribution < 1.29 is 13.2 Å². The minimum Gasteiger partial charge on any atom is -0.494 e. The predicted molar refractivity (Wildman–Crippen MR) is 81.7 cm³/mol. The smallest absolute Gasteiger partial charge is 0.147 e. The Morgan fingerprint density at radius 1 is 0.900 bits per heavy atom. The first-order valence-corrected chi connectivity index (χ1v) is 8.57. The number of rotatable bonds is 6. The third kappa shape index (κ3) is 4.70. The van der Waals surface area contributed by atoms with Gasteiger partial charge in [-0.3, -0.25) is 0 Å². The van der Waals surface area contributed by atoms with Crippen LogP contribution in [0.5, 0.6) is 5.75 Å². The monoisotopic (exact) mass is 290 g/mol. The summed E-state index contributed by atoms with van der Waals surface area (Å²) >= 11 is 0. The second-order valence-electron chi connectivity index (χ2n) is 4.72. The van der Waals surface area contributed by atoms with Gasteiger partial charge in [0.1, 0.15) is 15.6 Å². The molecule has 0 saturated heterocycles. The van der Waals surface area contributed by atoms with Gasteiger partial charge in [0.2, 0.25) is 0 Å². The first-order valence-electron chi connectivity index (χ1n) is 6.51. The van der Waals surface area contributed by atoms with E-state index in [0.29, 0.717) is 13.0 Å². The molecule has 4 heteroatoms. The third-order valence-corrected chi connectivity index (χ3v) is 3.92. The molecule has 2 rings (SSSR count). The average molecular weight is 290 g/mol. The minimum atomic E-state index is -2.90. The minimum absolute atomic E-state index is 0.162. The highest BCUT2D eigenvalue weighted by Gasteiger charge is 2.02. The number of ether oxygens (including phenoxy) is 1. The molecule has 0 radical (unpaired) electrons. The highest BCUT2D eigenvalue weighted by Crippen LogP contribution is 2.22. The van der Waals surface area contributed by atoms with Gasteiger partial charge in [-0.05, 0) is 29.7 Å². The summed E-state index contributed by atoms with van der Waals surface area (Å²) in [5, 5.41) is 0. The van der Waals surface area contributed by atoms with E-state index < -0.39 is 9.84 Å². The van der Waals surface area contributed by atoms with Gasteiger partial charge < -0.3 is 4.74 Å². The van der Waals surface area contributed by atoms with Crippen molar-refractivity contribution in [1.29, 1.82) is 0 Å². The van der Waals surface area contributed by atoms with Crippen molar-refractivity contribution in [2.45, 2.75) is 6.42 Å². The fourth-order valence-corrected chi connectivity index (χ4v) is 2.53. The molecular formula is C16H18O3S. The normalized spacial score (nSPS) is 11.2. The summed E-state index contributed by atoms with van der Waals surface area (Å²) in [6.07, 6.45) is 1.75. The van der Waals surface area contributed by atoms with Crippen LogP contribution in [0.1, 0.15) is 6.42 Å². The fourth-order valence-electron chi connectivity index (χ4n) is 1.89. The Kier molecular flexibility index (Phi) is 4.79. The van der Waals surface area contributed by atoms with Crippen LogP contribution in [0.2, 0.25) is 0 Å². The number of sulfone groups is 1. The Balaban J connectivity index is 1.89. The van der Waals surface area contributed by atoms with E-state index in [2.05, 4.69) is 12.1 Å². The van der Waals surface area contributed by atoms with Crippen LogP contribution in [0.15, 0.2) is 54.6 Å². The molecule has 0 amide bonds. The molecule has 0 aliphatic heterocycles. The number of hydrogen-bond donors (Lipinski definition) is 0. The second kappa shape index (κ2) is 6.57. The zero-order chi connectivity index (χ0) is 14.4. The predicted octanol–water partition coefficient (Wildman–Crippen LogP) is 3.17. The van der Waals surface area contributed by atoms with Crippen LogP contribution < -0.4 is 4.74 Å². The van der Waals surface area contributed by atoms with Crippen molar-refractivity contribution in [2.24, 2.45) is 0 Å². The maximum absolute atomic E-state index is 11.0. The van der Waals surface area contributed by atoms with Gasteiger partial charge in [-0.1, -0.05) is 42.5 Å². The van der Waals surface area contributed by atoms with Gasteiger partial charge >= 0.3 is 0 Å². The largest absolute Gasteiger partial charge is 0.494 e. The molecular weight excluding hydrogens is 272 g/mol. The lowest BCUT2D eigenvalue weighted by Crippen LogP contribution is -2.07. The highest BCUT2D eigenvalue weighted by molar-refractivity contribution is 7.90. The molecule has 0 unspecified atom stereocenters. The van der Waals surface area contributed by atoms with E-state index in [1.54, 1.807) is 0 Å². The Morgan fingerprint density at radius 2 is 1.50 bits per heavy atom. The average Bonchev–Trinajstić information content (AvgIpc) is 2.44. The summed E-state index contributed by atoms with van der Waals surface area (Å²) in [5.41, 5.74) is 2.30. The van der Waals surface area contributed by atoms with Crippen LogP contribution >= 0.6 is 0 Å². The van der Waals surface area contributed by atoms with Crippen molar-refractivity contribution in [1.82, 2.24) is 0 Å². The van der Waals surface area contributed by atoms with Crippen LogP contribution in [0, 0.1) is 0 Å². The van der Waals surface area contributed by atoms with E-state index in [9.17, 15) is 8.42 Å². The lowest BCUT2D eigenvalue weighted by molar-refractivity contribution is 0.318. The van der Waals surface area contributed by atoms with E-state index in [0.717, 1.165) is 16.9 Å². The topological polar surface area (TPSA) is 43.4 Å². The van der Waals surface area contributed by atoms with E-state index in [-0.39, 0.29) is 5.75 Å².